The summed E-state index contributed by atoms with van der Waals surface area (Å²) in [6.07, 6.45) is 3.16. The van der Waals surface area contributed by atoms with Crippen LogP contribution in [0.1, 0.15) is 13.3 Å². The summed E-state index contributed by atoms with van der Waals surface area (Å²) < 4.78 is 0. The second-order valence-corrected chi connectivity index (χ2v) is 1.30. The molecule has 0 fully saturated rings. The van der Waals surface area contributed by atoms with Gasteiger partial charge in [0, 0.05) is 0 Å². The maximum Gasteiger partial charge on any atom is -0.0229 e. The predicted octanol–water partition coefficient (Wildman–Crippen LogP) is 2.31. The molecule has 0 N–H and O–H groups in total. The van der Waals surface area contributed by atoms with E-state index in [1.807, 2.05) is 11.1 Å². The van der Waals surface area contributed by atoms with E-state index in [0.717, 1.165) is 6.42 Å². The Morgan fingerprint density at radius 3 is 2.40 bits per heavy atom. The smallest absolute Gasteiger partial charge is 0.0229 e. The van der Waals surface area contributed by atoms with Crippen LogP contribution < -0.4 is 0 Å². The molecule has 0 aliphatic rings. The summed E-state index contributed by atoms with van der Waals surface area (Å²) in [5.41, 5.74) is 0. The third kappa shape index (κ3) is 4.22. The quantitative estimate of drug-likeness (QED) is 0.517. The minimum absolute atomic E-state index is 1.12. The monoisotopic (exact) mass is 134 g/mol. The zero-order chi connectivity index (χ0) is 4.12. The van der Waals surface area contributed by atoms with Gasteiger partial charge in [-0.3, -0.25) is 0 Å². The Hall–Kier alpha value is 0.220. The van der Waals surface area contributed by atoms with Crippen LogP contribution in [0.15, 0.2) is 11.1 Å². The molecule has 0 saturated carbocycles. The van der Waals surface area contributed by atoms with Crippen molar-refractivity contribution in [2.75, 3.05) is 0 Å². The van der Waals surface area contributed by atoms with Crippen LogP contribution >= 0.6 is 15.9 Å². The van der Waals surface area contributed by atoms with Gasteiger partial charge in [-0.25, -0.2) is 0 Å². The average molecular weight is 135 g/mol. The number of allylic oxidation sites excluding steroid dienone is 1. The Bertz CT molecular complexity index is 30.6. The Labute approximate surface area is 41.0 Å². The molecule has 0 rings (SSSR count). The lowest BCUT2D eigenvalue weighted by Gasteiger charge is -1.63. The zero-order valence-corrected chi connectivity index (χ0v) is 4.83. The van der Waals surface area contributed by atoms with Crippen molar-refractivity contribution in [3.05, 3.63) is 11.1 Å². The molecule has 0 nitrogen and oxygen atoms in total. The van der Waals surface area contributed by atoms with E-state index in [4.69, 9.17) is 0 Å². The molecule has 5 heavy (non-hydrogen) atoms. The van der Waals surface area contributed by atoms with Crippen LogP contribution in [-0.4, -0.2) is 0 Å². The Balaban J connectivity index is 2.62. The molecule has 0 bridgehead atoms. The Morgan fingerprint density at radius 2 is 2.40 bits per heavy atom. The number of hydrogen-bond acceptors (Lipinski definition) is 0. The van der Waals surface area contributed by atoms with Crippen molar-refractivity contribution in [1.29, 1.82) is 0 Å². The van der Waals surface area contributed by atoms with Gasteiger partial charge in [0.15, 0.2) is 0 Å². The molecule has 0 saturated heterocycles. The first-order valence-corrected chi connectivity index (χ1v) is 2.58. The summed E-state index contributed by atoms with van der Waals surface area (Å²) in [5, 5.41) is 0. The van der Waals surface area contributed by atoms with Crippen molar-refractivity contribution in [3.63, 3.8) is 0 Å². The van der Waals surface area contributed by atoms with Gasteiger partial charge in [-0.1, -0.05) is 28.9 Å². The second kappa shape index (κ2) is 4.22. The molecule has 0 spiro atoms. The van der Waals surface area contributed by atoms with Crippen molar-refractivity contribution in [1.82, 2.24) is 0 Å². The number of halogens is 1. The zero-order valence-electron chi connectivity index (χ0n) is 3.24. The van der Waals surface area contributed by atoms with Gasteiger partial charge in [0.1, 0.15) is 0 Å². The summed E-state index contributed by atoms with van der Waals surface area (Å²) in [6, 6.07) is 0. The van der Waals surface area contributed by atoms with E-state index in [9.17, 15) is 0 Å². The molecule has 0 aromatic rings. The first kappa shape index (κ1) is 5.22. The maximum atomic E-state index is 3.13. The SMILES string of the molecule is CC/C=C\Br. The number of hydrogen-bond donors (Lipinski definition) is 0. The van der Waals surface area contributed by atoms with Crippen LogP contribution in [0.2, 0.25) is 0 Å². The topological polar surface area (TPSA) is 0 Å². The predicted molar refractivity (Wildman–Crippen MR) is 28.4 cm³/mol. The summed E-state index contributed by atoms with van der Waals surface area (Å²) in [7, 11) is 0. The van der Waals surface area contributed by atoms with Crippen LogP contribution in [0, 0.1) is 0 Å². The van der Waals surface area contributed by atoms with E-state index in [0.29, 0.717) is 0 Å². The highest BCUT2D eigenvalue weighted by Gasteiger charge is 1.53. The van der Waals surface area contributed by atoms with E-state index in [2.05, 4.69) is 22.9 Å². The molecular formula is C4H7Br. The van der Waals surface area contributed by atoms with Crippen molar-refractivity contribution < 1.29 is 0 Å². The van der Waals surface area contributed by atoms with Crippen molar-refractivity contribution in [2.24, 2.45) is 0 Å². The maximum absolute atomic E-state index is 3.13. The highest BCUT2D eigenvalue weighted by molar-refractivity contribution is 9.11. The molecule has 1 heteroatoms. The number of rotatable bonds is 1. The van der Waals surface area contributed by atoms with E-state index < -0.39 is 0 Å². The molecule has 0 radical (unpaired) electrons. The second-order valence-electron chi connectivity index (χ2n) is 0.770. The fourth-order valence-corrected chi connectivity index (χ4v) is 0.463. The van der Waals surface area contributed by atoms with Gasteiger partial charge in [0.05, 0.1) is 0 Å². The van der Waals surface area contributed by atoms with Crippen molar-refractivity contribution in [3.8, 4) is 0 Å². The van der Waals surface area contributed by atoms with Gasteiger partial charge in [-0.15, -0.1) is 0 Å². The molecule has 0 atom stereocenters. The van der Waals surface area contributed by atoms with Crippen LogP contribution in [0.5, 0.6) is 0 Å². The third-order valence-electron chi connectivity index (χ3n) is 0.325. The first-order valence-electron chi connectivity index (χ1n) is 1.67. The van der Waals surface area contributed by atoms with Gasteiger partial charge in [0.2, 0.25) is 0 Å². The standard InChI is InChI=1S/C4H7Br/c1-2-3-4-5/h3-4H,2H2,1H3/b4-3-. The molecule has 0 aliphatic carbocycles. The Kier molecular flexibility index (Phi) is 4.41. The van der Waals surface area contributed by atoms with Gasteiger partial charge in [-0.2, -0.15) is 0 Å². The molecule has 30 valence electrons. The summed E-state index contributed by atoms with van der Waals surface area (Å²) >= 11 is 3.13. The van der Waals surface area contributed by atoms with Crippen LogP contribution in [0.3, 0.4) is 0 Å². The molecule has 0 amide bonds. The third-order valence-corrected chi connectivity index (χ3v) is 0.699. The molecule has 0 aliphatic heterocycles. The van der Waals surface area contributed by atoms with Crippen LogP contribution in [-0.2, 0) is 0 Å². The lowest BCUT2D eigenvalue weighted by atomic mass is 10.5. The highest BCUT2D eigenvalue weighted by atomic mass is 79.9. The van der Waals surface area contributed by atoms with Crippen LogP contribution in [0.25, 0.3) is 0 Å². The van der Waals surface area contributed by atoms with Gasteiger partial charge in [0.25, 0.3) is 0 Å². The fourth-order valence-electron chi connectivity index (χ4n) is 0.0891. The van der Waals surface area contributed by atoms with E-state index in [-0.39, 0.29) is 0 Å². The highest BCUT2D eigenvalue weighted by Crippen LogP contribution is 1.83. The largest absolute Gasteiger partial charge is 0.0779 e. The molecule has 0 aromatic heterocycles. The van der Waals surface area contributed by atoms with E-state index >= 15 is 0 Å². The van der Waals surface area contributed by atoms with E-state index in [1.165, 1.54) is 0 Å². The minimum Gasteiger partial charge on any atom is -0.0779 e. The lowest BCUT2D eigenvalue weighted by molar-refractivity contribution is 1.23. The molecule has 0 heterocycles. The summed E-state index contributed by atoms with van der Waals surface area (Å²) in [4.78, 5) is 1.87. The van der Waals surface area contributed by atoms with Crippen molar-refractivity contribution >= 4 is 15.9 Å². The average Bonchev–Trinajstić information content (AvgIpc) is 1.41. The fraction of sp³-hybridized carbons (Fsp3) is 0.500. The van der Waals surface area contributed by atoms with Crippen molar-refractivity contribution in [2.45, 2.75) is 13.3 Å². The van der Waals surface area contributed by atoms with Gasteiger partial charge in [-0.05, 0) is 11.4 Å². The molecule has 0 unspecified atom stereocenters. The minimum atomic E-state index is 1.12. The normalized spacial score (nSPS) is 10.0. The van der Waals surface area contributed by atoms with Gasteiger partial charge < -0.3 is 0 Å². The summed E-state index contributed by atoms with van der Waals surface area (Å²) in [5.74, 6) is 0. The Morgan fingerprint density at radius 1 is 1.80 bits per heavy atom. The van der Waals surface area contributed by atoms with E-state index in [1.54, 1.807) is 0 Å². The van der Waals surface area contributed by atoms with Crippen LogP contribution in [0.4, 0.5) is 0 Å². The molecule has 0 aromatic carbocycles. The van der Waals surface area contributed by atoms with Gasteiger partial charge >= 0.3 is 0 Å². The first-order chi connectivity index (χ1) is 2.41. The lowest BCUT2D eigenvalue weighted by Crippen LogP contribution is -1.40. The molecular weight excluding hydrogens is 128 g/mol. The summed E-state index contributed by atoms with van der Waals surface area (Å²) in [6.45, 7) is 2.10.